The fourth-order valence-corrected chi connectivity index (χ4v) is 6.28. The minimum absolute atomic E-state index is 0.188. The minimum atomic E-state index is -3.75. The van der Waals surface area contributed by atoms with Crippen molar-refractivity contribution in [2.75, 3.05) is 11.3 Å². The number of rotatable bonds is 6. The highest BCUT2D eigenvalue weighted by molar-refractivity contribution is 7.92. The standard InChI is InChI=1S/C24H26N2O4S2/c1-18(2)19-9-12-23(13-10-19)31(27,28)25-22-11-8-20-14-15-26(17-21(20)16-22)32(29,30)24-6-4-3-5-7-24/h3-13,16,18,25H,14-15,17H2,1-2H3. The van der Waals surface area contributed by atoms with Crippen LogP contribution >= 0.6 is 0 Å². The van der Waals surface area contributed by atoms with Crippen LogP contribution in [0.15, 0.2) is 82.6 Å². The van der Waals surface area contributed by atoms with Gasteiger partial charge in [0, 0.05) is 18.8 Å². The first-order chi connectivity index (χ1) is 15.2. The molecule has 0 bridgehead atoms. The largest absolute Gasteiger partial charge is 0.280 e. The molecule has 0 saturated carbocycles. The molecule has 3 aromatic rings. The molecule has 8 heteroatoms. The Morgan fingerprint density at radius 3 is 2.16 bits per heavy atom. The monoisotopic (exact) mass is 470 g/mol. The predicted molar refractivity (Wildman–Crippen MR) is 126 cm³/mol. The van der Waals surface area contributed by atoms with Gasteiger partial charge in [0.15, 0.2) is 0 Å². The molecule has 1 aliphatic rings. The highest BCUT2D eigenvalue weighted by Crippen LogP contribution is 2.28. The van der Waals surface area contributed by atoms with Crippen molar-refractivity contribution in [1.29, 1.82) is 0 Å². The third-order valence-electron chi connectivity index (χ3n) is 5.67. The van der Waals surface area contributed by atoms with Crippen LogP contribution in [0.25, 0.3) is 0 Å². The van der Waals surface area contributed by atoms with E-state index in [1.54, 1.807) is 54.6 Å². The fraction of sp³-hybridized carbons (Fsp3) is 0.250. The molecule has 0 fully saturated rings. The van der Waals surface area contributed by atoms with Gasteiger partial charge in [-0.25, -0.2) is 16.8 Å². The van der Waals surface area contributed by atoms with Gasteiger partial charge in [-0.3, -0.25) is 4.72 Å². The van der Waals surface area contributed by atoms with Crippen molar-refractivity contribution in [2.24, 2.45) is 0 Å². The number of nitrogens with one attached hydrogen (secondary N) is 1. The molecule has 1 N–H and O–H groups in total. The van der Waals surface area contributed by atoms with E-state index >= 15 is 0 Å². The van der Waals surface area contributed by atoms with Crippen molar-refractivity contribution >= 4 is 25.7 Å². The first-order valence-corrected chi connectivity index (χ1v) is 13.4. The molecule has 3 aromatic carbocycles. The molecular formula is C24H26N2O4S2. The van der Waals surface area contributed by atoms with E-state index in [1.165, 1.54) is 4.31 Å². The molecule has 32 heavy (non-hydrogen) atoms. The summed E-state index contributed by atoms with van der Waals surface area (Å²) in [7, 11) is -7.36. The van der Waals surface area contributed by atoms with Crippen LogP contribution in [0.3, 0.4) is 0 Å². The summed E-state index contributed by atoms with van der Waals surface area (Å²) in [6.45, 7) is 4.69. The lowest BCUT2D eigenvalue weighted by Crippen LogP contribution is -2.36. The van der Waals surface area contributed by atoms with Crippen molar-refractivity contribution in [3.05, 3.63) is 89.5 Å². The number of nitrogens with zero attached hydrogens (tertiary/aromatic N) is 1. The topological polar surface area (TPSA) is 83.6 Å². The Labute approximate surface area is 190 Å². The number of hydrogen-bond donors (Lipinski definition) is 1. The van der Waals surface area contributed by atoms with E-state index < -0.39 is 20.0 Å². The second-order valence-electron chi connectivity index (χ2n) is 8.21. The van der Waals surface area contributed by atoms with Crippen molar-refractivity contribution < 1.29 is 16.8 Å². The van der Waals surface area contributed by atoms with Crippen LogP contribution < -0.4 is 4.72 Å². The number of hydrogen-bond acceptors (Lipinski definition) is 4. The molecule has 0 unspecified atom stereocenters. The summed E-state index contributed by atoms with van der Waals surface area (Å²) in [5, 5.41) is 0. The molecule has 1 heterocycles. The van der Waals surface area contributed by atoms with Gasteiger partial charge in [0.1, 0.15) is 0 Å². The predicted octanol–water partition coefficient (Wildman–Crippen LogP) is 4.36. The van der Waals surface area contributed by atoms with Gasteiger partial charge in [0.2, 0.25) is 10.0 Å². The summed E-state index contributed by atoms with van der Waals surface area (Å²) in [4.78, 5) is 0.443. The van der Waals surface area contributed by atoms with E-state index in [0.717, 1.165) is 16.7 Å². The van der Waals surface area contributed by atoms with Crippen molar-refractivity contribution in [3.63, 3.8) is 0 Å². The second kappa shape index (κ2) is 8.69. The Hall–Kier alpha value is -2.68. The van der Waals surface area contributed by atoms with Crippen LogP contribution in [0.5, 0.6) is 0 Å². The molecular weight excluding hydrogens is 444 g/mol. The maximum absolute atomic E-state index is 13.0. The van der Waals surface area contributed by atoms with Crippen LogP contribution in [-0.2, 0) is 33.0 Å². The molecule has 0 saturated heterocycles. The SMILES string of the molecule is CC(C)c1ccc(S(=O)(=O)Nc2ccc3c(c2)CN(S(=O)(=O)c2ccccc2)CC3)cc1. The summed E-state index contributed by atoms with van der Waals surface area (Å²) in [5.41, 5.74) is 3.30. The molecule has 0 spiro atoms. The van der Waals surface area contributed by atoms with Gasteiger partial charge >= 0.3 is 0 Å². The maximum Gasteiger partial charge on any atom is 0.261 e. The lowest BCUT2D eigenvalue weighted by atomic mass is 10.0. The van der Waals surface area contributed by atoms with Crippen LogP contribution in [-0.4, -0.2) is 27.7 Å². The third-order valence-corrected chi connectivity index (χ3v) is 8.93. The van der Waals surface area contributed by atoms with E-state index in [4.69, 9.17) is 0 Å². The van der Waals surface area contributed by atoms with Gasteiger partial charge in [-0.05, 0) is 65.4 Å². The first-order valence-electron chi connectivity index (χ1n) is 10.5. The quantitative estimate of drug-likeness (QED) is 0.580. The Morgan fingerprint density at radius 1 is 0.812 bits per heavy atom. The number of benzene rings is 3. The Kier molecular flexibility index (Phi) is 6.11. The Bertz CT molecular complexity index is 1320. The van der Waals surface area contributed by atoms with Gasteiger partial charge in [-0.2, -0.15) is 4.31 Å². The van der Waals surface area contributed by atoms with Crippen LogP contribution in [0, 0.1) is 0 Å². The minimum Gasteiger partial charge on any atom is -0.280 e. The normalized spacial score (nSPS) is 14.8. The number of sulfonamides is 2. The smallest absolute Gasteiger partial charge is 0.261 e. The first kappa shape index (κ1) is 22.5. The van der Waals surface area contributed by atoms with Crippen LogP contribution in [0.4, 0.5) is 5.69 Å². The molecule has 0 radical (unpaired) electrons. The molecule has 0 aromatic heterocycles. The van der Waals surface area contributed by atoms with E-state index in [1.807, 2.05) is 18.2 Å². The summed E-state index contributed by atoms with van der Waals surface area (Å²) in [6, 6.07) is 20.5. The molecule has 1 aliphatic heterocycles. The molecule has 0 atom stereocenters. The summed E-state index contributed by atoms with van der Waals surface area (Å²) < 4.78 is 55.7. The zero-order valence-corrected chi connectivity index (χ0v) is 19.7. The second-order valence-corrected chi connectivity index (χ2v) is 11.8. The summed E-state index contributed by atoms with van der Waals surface area (Å²) >= 11 is 0. The van der Waals surface area contributed by atoms with Gasteiger partial charge in [-0.1, -0.05) is 50.2 Å². The molecule has 0 amide bonds. The highest BCUT2D eigenvalue weighted by atomic mass is 32.2. The van der Waals surface area contributed by atoms with E-state index in [0.29, 0.717) is 24.6 Å². The summed E-state index contributed by atoms with van der Waals surface area (Å²) in [5.74, 6) is 0.315. The fourth-order valence-electron chi connectivity index (χ4n) is 3.79. The van der Waals surface area contributed by atoms with Gasteiger partial charge in [0.05, 0.1) is 9.79 Å². The van der Waals surface area contributed by atoms with Crippen LogP contribution in [0.1, 0.15) is 36.5 Å². The average Bonchev–Trinajstić information content (AvgIpc) is 2.79. The van der Waals surface area contributed by atoms with Crippen molar-refractivity contribution in [1.82, 2.24) is 4.31 Å². The Morgan fingerprint density at radius 2 is 1.50 bits per heavy atom. The lowest BCUT2D eigenvalue weighted by Gasteiger charge is -2.28. The van der Waals surface area contributed by atoms with E-state index in [-0.39, 0.29) is 16.3 Å². The average molecular weight is 471 g/mol. The van der Waals surface area contributed by atoms with Crippen molar-refractivity contribution in [2.45, 2.75) is 42.5 Å². The zero-order valence-electron chi connectivity index (χ0n) is 18.0. The lowest BCUT2D eigenvalue weighted by molar-refractivity contribution is 0.391. The molecule has 4 rings (SSSR count). The molecule has 0 aliphatic carbocycles. The molecule has 6 nitrogen and oxygen atoms in total. The Balaban J connectivity index is 1.56. The van der Waals surface area contributed by atoms with Crippen LogP contribution in [0.2, 0.25) is 0 Å². The zero-order chi connectivity index (χ0) is 22.9. The third kappa shape index (κ3) is 4.57. The number of anilines is 1. The van der Waals surface area contributed by atoms with E-state index in [2.05, 4.69) is 18.6 Å². The van der Waals surface area contributed by atoms with Gasteiger partial charge in [0.25, 0.3) is 10.0 Å². The van der Waals surface area contributed by atoms with Crippen molar-refractivity contribution in [3.8, 4) is 0 Å². The highest BCUT2D eigenvalue weighted by Gasteiger charge is 2.28. The maximum atomic E-state index is 13.0. The van der Waals surface area contributed by atoms with E-state index in [9.17, 15) is 16.8 Å². The van der Waals surface area contributed by atoms with Gasteiger partial charge in [-0.15, -0.1) is 0 Å². The molecule has 168 valence electrons. The van der Waals surface area contributed by atoms with Gasteiger partial charge < -0.3 is 0 Å². The number of fused-ring (bicyclic) bond motifs is 1. The summed E-state index contributed by atoms with van der Waals surface area (Å²) in [6.07, 6.45) is 0.574.